The van der Waals surface area contributed by atoms with Gasteiger partial charge in [0.2, 0.25) is 0 Å². The largest absolute Gasteiger partial charge is 0.385 e. The van der Waals surface area contributed by atoms with Crippen LogP contribution in [0.3, 0.4) is 0 Å². The standard InChI is InChI=1S/C11H17NO/c1-4-11(2,13)9-7-5-6-8-10(9)12-3/h6-8,13H,4-5H2,1-3H3/b12-10-/t11-/m0/s1. The minimum absolute atomic E-state index is 0.714. The predicted octanol–water partition coefficient (Wildman–Crippen LogP) is 2.10. The van der Waals surface area contributed by atoms with Crippen LogP contribution in [0.2, 0.25) is 0 Å². The van der Waals surface area contributed by atoms with Gasteiger partial charge >= 0.3 is 0 Å². The van der Waals surface area contributed by atoms with Crippen LogP contribution < -0.4 is 0 Å². The molecule has 0 bridgehead atoms. The van der Waals surface area contributed by atoms with E-state index >= 15 is 0 Å². The van der Waals surface area contributed by atoms with Gasteiger partial charge in [-0.3, -0.25) is 4.99 Å². The second-order valence-corrected chi connectivity index (χ2v) is 3.49. The first kappa shape index (κ1) is 10.2. The summed E-state index contributed by atoms with van der Waals surface area (Å²) in [5.41, 5.74) is 1.12. The molecule has 0 spiro atoms. The zero-order chi connectivity index (χ0) is 9.90. The van der Waals surface area contributed by atoms with E-state index in [1.54, 1.807) is 7.05 Å². The minimum Gasteiger partial charge on any atom is -0.385 e. The van der Waals surface area contributed by atoms with E-state index in [2.05, 4.69) is 11.1 Å². The third-order valence-electron chi connectivity index (χ3n) is 2.52. The van der Waals surface area contributed by atoms with Gasteiger partial charge in [-0.2, -0.15) is 0 Å². The molecule has 2 nitrogen and oxygen atoms in total. The van der Waals surface area contributed by atoms with Crippen LogP contribution in [0.15, 0.2) is 28.8 Å². The summed E-state index contributed by atoms with van der Waals surface area (Å²) >= 11 is 0. The zero-order valence-electron chi connectivity index (χ0n) is 8.54. The lowest BCUT2D eigenvalue weighted by Crippen LogP contribution is -2.30. The molecule has 0 amide bonds. The lowest BCUT2D eigenvalue weighted by molar-refractivity contribution is 0.100. The highest BCUT2D eigenvalue weighted by Gasteiger charge is 2.26. The molecule has 1 rings (SSSR count). The third-order valence-corrected chi connectivity index (χ3v) is 2.52. The van der Waals surface area contributed by atoms with E-state index in [4.69, 9.17) is 0 Å². The molecule has 0 aromatic carbocycles. The maximum Gasteiger partial charge on any atom is 0.0883 e. The number of hydrogen-bond acceptors (Lipinski definition) is 2. The zero-order valence-corrected chi connectivity index (χ0v) is 8.54. The number of aliphatic hydroxyl groups is 1. The number of hydrogen-bond donors (Lipinski definition) is 1. The van der Waals surface area contributed by atoms with E-state index in [-0.39, 0.29) is 0 Å². The van der Waals surface area contributed by atoms with Gasteiger partial charge in [-0.25, -0.2) is 0 Å². The molecule has 1 atom stereocenters. The Bertz CT molecular complexity index is 272. The predicted molar refractivity (Wildman–Crippen MR) is 56.1 cm³/mol. The lowest BCUT2D eigenvalue weighted by Gasteiger charge is -2.26. The summed E-state index contributed by atoms with van der Waals surface area (Å²) in [6.45, 7) is 3.82. The number of nitrogens with zero attached hydrogens (tertiary/aromatic N) is 1. The molecular weight excluding hydrogens is 162 g/mol. The highest BCUT2D eigenvalue weighted by atomic mass is 16.3. The summed E-state index contributed by atoms with van der Waals surface area (Å²) in [4.78, 5) is 4.14. The van der Waals surface area contributed by atoms with Crippen LogP contribution in [-0.2, 0) is 0 Å². The monoisotopic (exact) mass is 179 g/mol. The summed E-state index contributed by atoms with van der Waals surface area (Å²) in [6.07, 6.45) is 7.68. The van der Waals surface area contributed by atoms with Gasteiger partial charge in [0.25, 0.3) is 0 Å². The molecule has 1 aliphatic rings. The molecule has 0 saturated heterocycles. The molecule has 13 heavy (non-hydrogen) atoms. The van der Waals surface area contributed by atoms with Crippen molar-refractivity contribution in [2.24, 2.45) is 4.99 Å². The molecule has 0 radical (unpaired) electrons. The normalized spacial score (nSPS) is 24.3. The van der Waals surface area contributed by atoms with Gasteiger partial charge in [0.05, 0.1) is 11.3 Å². The van der Waals surface area contributed by atoms with Gasteiger partial charge < -0.3 is 5.11 Å². The lowest BCUT2D eigenvalue weighted by atomic mass is 9.86. The van der Waals surface area contributed by atoms with Gasteiger partial charge in [-0.05, 0) is 25.8 Å². The van der Waals surface area contributed by atoms with Crippen molar-refractivity contribution in [3.8, 4) is 0 Å². The summed E-state index contributed by atoms with van der Waals surface area (Å²) in [5.74, 6) is 0. The topological polar surface area (TPSA) is 32.6 Å². The van der Waals surface area contributed by atoms with Gasteiger partial charge in [0, 0.05) is 12.6 Å². The average Bonchev–Trinajstić information content (AvgIpc) is 2.18. The molecule has 72 valence electrons. The number of aliphatic imine (C=N–C) groups is 1. The first-order valence-electron chi connectivity index (χ1n) is 4.68. The van der Waals surface area contributed by atoms with E-state index in [0.29, 0.717) is 6.42 Å². The smallest absolute Gasteiger partial charge is 0.0883 e. The van der Waals surface area contributed by atoms with E-state index in [9.17, 15) is 5.11 Å². The third kappa shape index (κ3) is 2.07. The van der Waals surface area contributed by atoms with Crippen molar-refractivity contribution in [1.82, 2.24) is 0 Å². The maximum absolute atomic E-state index is 10.1. The summed E-state index contributed by atoms with van der Waals surface area (Å²) < 4.78 is 0. The Hall–Kier alpha value is -0.890. The Morgan fingerprint density at radius 3 is 2.85 bits per heavy atom. The van der Waals surface area contributed by atoms with Crippen molar-refractivity contribution < 1.29 is 5.11 Å². The molecule has 1 aliphatic carbocycles. The molecule has 0 fully saturated rings. The Morgan fingerprint density at radius 1 is 1.62 bits per heavy atom. The minimum atomic E-state index is -0.737. The quantitative estimate of drug-likeness (QED) is 0.691. The number of rotatable bonds is 2. The van der Waals surface area contributed by atoms with Crippen LogP contribution in [0.1, 0.15) is 26.7 Å². The average molecular weight is 179 g/mol. The molecule has 1 N–H and O–H groups in total. The van der Waals surface area contributed by atoms with Crippen LogP contribution in [-0.4, -0.2) is 23.5 Å². The highest BCUT2D eigenvalue weighted by Crippen LogP contribution is 2.25. The Labute approximate surface area is 79.7 Å². The van der Waals surface area contributed by atoms with E-state index in [0.717, 1.165) is 17.7 Å². The summed E-state index contributed by atoms with van der Waals surface area (Å²) in [5, 5.41) is 10.1. The molecule has 0 aromatic heterocycles. The Kier molecular flexibility index (Phi) is 3.04. The molecule has 2 heteroatoms. The molecular formula is C11H17NO. The van der Waals surface area contributed by atoms with E-state index < -0.39 is 5.60 Å². The van der Waals surface area contributed by atoms with Crippen molar-refractivity contribution in [2.75, 3.05) is 7.05 Å². The van der Waals surface area contributed by atoms with Crippen LogP contribution in [0.5, 0.6) is 0 Å². The molecule has 0 unspecified atom stereocenters. The summed E-state index contributed by atoms with van der Waals surface area (Å²) in [6, 6.07) is 0. The fraction of sp³-hybridized carbons (Fsp3) is 0.545. The molecule has 0 aromatic rings. The molecule has 0 saturated carbocycles. The van der Waals surface area contributed by atoms with Crippen molar-refractivity contribution in [1.29, 1.82) is 0 Å². The SMILES string of the molecule is CC[C@](C)(O)C1=CCC=C/C1=N/C. The fourth-order valence-corrected chi connectivity index (χ4v) is 1.44. The van der Waals surface area contributed by atoms with Crippen molar-refractivity contribution in [3.63, 3.8) is 0 Å². The van der Waals surface area contributed by atoms with Crippen LogP contribution in [0.4, 0.5) is 0 Å². The van der Waals surface area contributed by atoms with Crippen LogP contribution in [0.25, 0.3) is 0 Å². The summed E-state index contributed by atoms with van der Waals surface area (Å²) in [7, 11) is 1.75. The van der Waals surface area contributed by atoms with Crippen LogP contribution >= 0.6 is 0 Å². The molecule has 0 aliphatic heterocycles. The second kappa shape index (κ2) is 3.88. The van der Waals surface area contributed by atoms with Crippen molar-refractivity contribution >= 4 is 5.71 Å². The van der Waals surface area contributed by atoms with Crippen LogP contribution in [0, 0.1) is 0 Å². The van der Waals surface area contributed by atoms with E-state index in [1.807, 2.05) is 26.0 Å². The Morgan fingerprint density at radius 2 is 2.31 bits per heavy atom. The van der Waals surface area contributed by atoms with Gasteiger partial charge in [0.15, 0.2) is 0 Å². The number of allylic oxidation sites excluding steroid dienone is 3. The second-order valence-electron chi connectivity index (χ2n) is 3.49. The van der Waals surface area contributed by atoms with Gasteiger partial charge in [-0.15, -0.1) is 0 Å². The first-order chi connectivity index (χ1) is 6.11. The van der Waals surface area contributed by atoms with Gasteiger partial charge in [-0.1, -0.05) is 19.1 Å². The highest BCUT2D eigenvalue weighted by molar-refractivity contribution is 6.10. The van der Waals surface area contributed by atoms with Gasteiger partial charge in [0.1, 0.15) is 0 Å². The first-order valence-corrected chi connectivity index (χ1v) is 4.68. The van der Waals surface area contributed by atoms with E-state index in [1.165, 1.54) is 0 Å². The van der Waals surface area contributed by atoms with Crippen molar-refractivity contribution in [3.05, 3.63) is 23.8 Å². The van der Waals surface area contributed by atoms with Crippen molar-refractivity contribution in [2.45, 2.75) is 32.3 Å². The fourth-order valence-electron chi connectivity index (χ4n) is 1.44. The maximum atomic E-state index is 10.1. The molecule has 0 heterocycles. The Balaban J connectivity index is 2.97.